The summed E-state index contributed by atoms with van der Waals surface area (Å²) in [6, 6.07) is 22.8. The van der Waals surface area contributed by atoms with E-state index in [1.807, 2.05) is 42.5 Å². The predicted octanol–water partition coefficient (Wildman–Crippen LogP) is 7.97. The van der Waals surface area contributed by atoms with E-state index >= 15 is 0 Å². The summed E-state index contributed by atoms with van der Waals surface area (Å²) in [6.45, 7) is 4.36. The van der Waals surface area contributed by atoms with Crippen molar-refractivity contribution in [3.63, 3.8) is 0 Å². The van der Waals surface area contributed by atoms with Gasteiger partial charge in [-0.05, 0) is 54.3 Å². The van der Waals surface area contributed by atoms with Crippen molar-refractivity contribution < 1.29 is 4.79 Å². The molecule has 0 fully saturated rings. The first kappa shape index (κ1) is 21.4. The Labute approximate surface area is 192 Å². The highest BCUT2D eigenvalue weighted by Crippen LogP contribution is 2.30. The number of benzene rings is 3. The summed E-state index contributed by atoms with van der Waals surface area (Å²) < 4.78 is 0. The minimum Gasteiger partial charge on any atom is -0.322 e. The van der Waals surface area contributed by atoms with E-state index in [1.165, 1.54) is 5.56 Å². The average Bonchev–Trinajstić information content (AvgIpc) is 2.80. The third kappa shape index (κ3) is 4.58. The summed E-state index contributed by atoms with van der Waals surface area (Å²) in [5.74, 6) is 0.304. The number of pyridine rings is 1. The summed E-state index contributed by atoms with van der Waals surface area (Å²) in [5.41, 5.74) is 4.77. The maximum absolute atomic E-state index is 13.2. The van der Waals surface area contributed by atoms with E-state index in [9.17, 15) is 4.79 Å². The van der Waals surface area contributed by atoms with Crippen molar-refractivity contribution in [2.75, 3.05) is 5.32 Å². The zero-order chi connectivity index (χ0) is 22.0. The number of rotatable bonds is 5. The minimum absolute atomic E-state index is 0.184. The van der Waals surface area contributed by atoms with Gasteiger partial charge in [0.15, 0.2) is 0 Å². The molecule has 0 bridgehead atoms. The van der Waals surface area contributed by atoms with E-state index in [1.54, 1.807) is 18.2 Å². The molecule has 0 spiro atoms. The zero-order valence-corrected chi connectivity index (χ0v) is 18.8. The van der Waals surface area contributed by atoms with E-state index < -0.39 is 0 Å². The summed E-state index contributed by atoms with van der Waals surface area (Å²) in [6.07, 6.45) is 1.08. The van der Waals surface area contributed by atoms with Gasteiger partial charge in [0.2, 0.25) is 0 Å². The molecule has 3 nitrogen and oxygen atoms in total. The Morgan fingerprint density at radius 2 is 1.71 bits per heavy atom. The second-order valence-corrected chi connectivity index (χ2v) is 8.40. The molecule has 0 aliphatic carbocycles. The number of nitrogens with one attached hydrogen (secondary N) is 1. The molecule has 0 radical (unpaired) electrons. The van der Waals surface area contributed by atoms with E-state index in [2.05, 4.69) is 31.3 Å². The molecule has 0 unspecified atom stereocenters. The quantitative estimate of drug-likeness (QED) is 0.336. The van der Waals surface area contributed by atoms with Crippen LogP contribution < -0.4 is 5.32 Å². The highest BCUT2D eigenvalue weighted by Gasteiger charge is 2.15. The van der Waals surface area contributed by atoms with Crippen LogP contribution in [0.1, 0.15) is 42.1 Å². The number of hydrogen-bond acceptors (Lipinski definition) is 2. The van der Waals surface area contributed by atoms with Gasteiger partial charge in [0.25, 0.3) is 5.91 Å². The van der Waals surface area contributed by atoms with Gasteiger partial charge in [-0.3, -0.25) is 4.79 Å². The fourth-order valence-electron chi connectivity index (χ4n) is 3.50. The number of carbonyl (C=O) groups excluding carboxylic acids is 1. The molecule has 1 heterocycles. The molecular formula is C26H22Cl2N2O. The second-order valence-electron chi connectivity index (χ2n) is 7.59. The molecule has 3 aromatic carbocycles. The highest BCUT2D eigenvalue weighted by molar-refractivity contribution is 6.42. The van der Waals surface area contributed by atoms with Crippen LogP contribution in [0.3, 0.4) is 0 Å². The lowest BCUT2D eigenvalue weighted by Gasteiger charge is -2.13. The van der Waals surface area contributed by atoms with Crippen molar-refractivity contribution in [3.8, 4) is 11.3 Å². The SMILES string of the molecule is CC[C@@H](C)c1ccc(NC(=O)c2cc(-c3ccc(Cl)c(Cl)c3)nc3ccccc23)cc1. The van der Waals surface area contributed by atoms with Crippen LogP contribution in [-0.4, -0.2) is 10.9 Å². The molecule has 1 atom stereocenters. The summed E-state index contributed by atoms with van der Waals surface area (Å²) in [4.78, 5) is 17.9. The molecule has 4 aromatic rings. The Bertz CT molecular complexity index is 1250. The number of amides is 1. The molecular weight excluding hydrogens is 427 g/mol. The van der Waals surface area contributed by atoms with Gasteiger partial charge < -0.3 is 5.32 Å². The Balaban J connectivity index is 1.72. The van der Waals surface area contributed by atoms with Gasteiger partial charge in [-0.15, -0.1) is 0 Å². The maximum Gasteiger partial charge on any atom is 0.256 e. The number of fused-ring (bicyclic) bond motifs is 1. The number of aromatic nitrogens is 1. The normalized spacial score (nSPS) is 12.0. The third-order valence-corrected chi connectivity index (χ3v) is 6.27. The van der Waals surface area contributed by atoms with Crippen LogP contribution in [0.5, 0.6) is 0 Å². The fraction of sp³-hybridized carbons (Fsp3) is 0.154. The molecule has 4 rings (SSSR count). The molecule has 0 saturated heterocycles. The smallest absolute Gasteiger partial charge is 0.256 e. The van der Waals surface area contributed by atoms with Gasteiger partial charge in [-0.1, -0.05) is 73.4 Å². The number of hydrogen-bond donors (Lipinski definition) is 1. The minimum atomic E-state index is -0.184. The monoisotopic (exact) mass is 448 g/mol. The Kier molecular flexibility index (Phi) is 6.26. The van der Waals surface area contributed by atoms with Gasteiger partial charge >= 0.3 is 0 Å². The lowest BCUT2D eigenvalue weighted by molar-refractivity contribution is 0.102. The van der Waals surface area contributed by atoms with E-state index in [4.69, 9.17) is 28.2 Å². The van der Waals surface area contributed by atoms with Crippen LogP contribution in [0.2, 0.25) is 10.0 Å². The van der Waals surface area contributed by atoms with E-state index in [-0.39, 0.29) is 5.91 Å². The van der Waals surface area contributed by atoms with Gasteiger partial charge in [0.05, 0.1) is 26.8 Å². The topological polar surface area (TPSA) is 42.0 Å². The van der Waals surface area contributed by atoms with Gasteiger partial charge in [-0.2, -0.15) is 0 Å². The lowest BCUT2D eigenvalue weighted by Crippen LogP contribution is -2.13. The molecule has 1 amide bonds. The zero-order valence-electron chi connectivity index (χ0n) is 17.3. The van der Waals surface area contributed by atoms with Gasteiger partial charge in [-0.25, -0.2) is 4.98 Å². The molecule has 31 heavy (non-hydrogen) atoms. The van der Waals surface area contributed by atoms with Gasteiger partial charge in [0.1, 0.15) is 0 Å². The Hall–Kier alpha value is -2.88. The molecule has 1 aromatic heterocycles. The van der Waals surface area contributed by atoms with Crippen LogP contribution in [0, 0.1) is 0 Å². The molecule has 0 aliphatic rings. The fourth-order valence-corrected chi connectivity index (χ4v) is 3.79. The third-order valence-electron chi connectivity index (χ3n) is 5.53. The van der Waals surface area contributed by atoms with Crippen LogP contribution >= 0.6 is 23.2 Å². The number of anilines is 1. The van der Waals surface area contributed by atoms with Crippen LogP contribution in [0.25, 0.3) is 22.2 Å². The predicted molar refractivity (Wildman–Crippen MR) is 130 cm³/mol. The first-order valence-electron chi connectivity index (χ1n) is 10.2. The molecule has 5 heteroatoms. The number of halogens is 2. The maximum atomic E-state index is 13.2. The van der Waals surface area contributed by atoms with Gasteiger partial charge in [0, 0.05) is 16.6 Å². The van der Waals surface area contributed by atoms with Crippen molar-refractivity contribution in [2.45, 2.75) is 26.2 Å². The number of para-hydroxylation sites is 1. The molecule has 1 N–H and O–H groups in total. The van der Waals surface area contributed by atoms with Crippen LogP contribution in [-0.2, 0) is 0 Å². The molecule has 0 saturated carbocycles. The van der Waals surface area contributed by atoms with Crippen molar-refractivity contribution in [1.29, 1.82) is 0 Å². The van der Waals surface area contributed by atoms with Crippen LogP contribution in [0.15, 0.2) is 72.8 Å². The highest BCUT2D eigenvalue weighted by atomic mass is 35.5. The largest absolute Gasteiger partial charge is 0.322 e. The van der Waals surface area contributed by atoms with Crippen molar-refractivity contribution in [3.05, 3.63) is 94.0 Å². The Morgan fingerprint density at radius 3 is 2.42 bits per heavy atom. The van der Waals surface area contributed by atoms with Crippen molar-refractivity contribution in [1.82, 2.24) is 4.98 Å². The molecule has 156 valence electrons. The van der Waals surface area contributed by atoms with E-state index in [0.717, 1.165) is 28.6 Å². The molecule has 0 aliphatic heterocycles. The van der Waals surface area contributed by atoms with Crippen LogP contribution in [0.4, 0.5) is 5.69 Å². The van der Waals surface area contributed by atoms with Crippen molar-refractivity contribution >= 4 is 45.7 Å². The summed E-state index contributed by atoms with van der Waals surface area (Å²) >= 11 is 12.3. The first-order valence-corrected chi connectivity index (χ1v) is 11.0. The van der Waals surface area contributed by atoms with Crippen molar-refractivity contribution in [2.24, 2.45) is 0 Å². The summed E-state index contributed by atoms with van der Waals surface area (Å²) in [5, 5.41) is 4.73. The Morgan fingerprint density at radius 1 is 0.968 bits per heavy atom. The lowest BCUT2D eigenvalue weighted by atomic mass is 9.98. The average molecular weight is 449 g/mol. The number of carbonyl (C=O) groups is 1. The second kappa shape index (κ2) is 9.09. The van der Waals surface area contributed by atoms with E-state index in [0.29, 0.717) is 27.2 Å². The standard InChI is InChI=1S/C26H22Cl2N2O/c1-3-16(2)17-8-11-19(12-9-17)29-26(31)21-15-25(18-10-13-22(27)23(28)14-18)30-24-7-5-4-6-20(21)24/h4-16H,3H2,1-2H3,(H,29,31)/t16-/m1/s1. The first-order chi connectivity index (χ1) is 15.0. The number of nitrogens with zero attached hydrogens (tertiary/aromatic N) is 1. The summed E-state index contributed by atoms with van der Waals surface area (Å²) in [7, 11) is 0.